The SMILES string of the molecule is O=C(CCC(=O)c1cccs1)NCCC(=O)OCC(=O)c1ccc2c(c1)NC(=O)CO2. The first-order valence-electron chi connectivity index (χ1n) is 9.51. The van der Waals surface area contributed by atoms with Gasteiger partial charge in [-0.3, -0.25) is 24.0 Å². The monoisotopic (exact) mass is 444 g/mol. The van der Waals surface area contributed by atoms with Crippen LogP contribution < -0.4 is 15.4 Å². The van der Waals surface area contributed by atoms with Crippen molar-refractivity contribution in [3.8, 4) is 5.75 Å². The van der Waals surface area contributed by atoms with Gasteiger partial charge in [-0.25, -0.2) is 0 Å². The molecule has 3 rings (SSSR count). The summed E-state index contributed by atoms with van der Waals surface area (Å²) in [6, 6.07) is 8.01. The van der Waals surface area contributed by atoms with Crippen LogP contribution in [0, 0.1) is 0 Å². The number of nitrogens with one attached hydrogen (secondary N) is 2. The summed E-state index contributed by atoms with van der Waals surface area (Å²) in [6.45, 7) is -0.504. The fourth-order valence-electron chi connectivity index (χ4n) is 2.74. The number of ether oxygens (including phenoxy) is 2. The van der Waals surface area contributed by atoms with Crippen LogP contribution in [0.25, 0.3) is 0 Å². The molecule has 2 amide bonds. The number of Topliss-reactive ketones (excluding diaryl/α,β-unsaturated/α-hetero) is 2. The fraction of sp³-hybridized carbons (Fsp3) is 0.286. The van der Waals surface area contributed by atoms with E-state index in [9.17, 15) is 24.0 Å². The van der Waals surface area contributed by atoms with E-state index in [1.165, 1.54) is 23.5 Å². The Balaban J connectivity index is 1.34. The Morgan fingerprint density at radius 2 is 1.94 bits per heavy atom. The normalized spacial score (nSPS) is 12.2. The quantitative estimate of drug-likeness (QED) is 0.424. The van der Waals surface area contributed by atoms with Crippen molar-refractivity contribution < 1.29 is 33.4 Å². The summed E-state index contributed by atoms with van der Waals surface area (Å²) in [7, 11) is 0. The van der Waals surface area contributed by atoms with Crippen molar-refractivity contribution >= 4 is 46.4 Å². The Kier molecular flexibility index (Phi) is 7.50. The van der Waals surface area contributed by atoms with Gasteiger partial charge in [0.2, 0.25) is 5.91 Å². The Morgan fingerprint density at radius 3 is 2.71 bits per heavy atom. The number of esters is 1. The highest BCUT2D eigenvalue weighted by molar-refractivity contribution is 7.12. The largest absolute Gasteiger partial charge is 0.482 e. The molecule has 0 aliphatic carbocycles. The first-order valence-corrected chi connectivity index (χ1v) is 10.4. The van der Waals surface area contributed by atoms with Gasteiger partial charge in [-0.1, -0.05) is 6.07 Å². The van der Waals surface area contributed by atoms with Crippen molar-refractivity contribution in [3.05, 3.63) is 46.2 Å². The number of benzene rings is 1. The van der Waals surface area contributed by atoms with Gasteiger partial charge in [0.05, 0.1) is 17.0 Å². The van der Waals surface area contributed by atoms with Gasteiger partial charge in [0, 0.05) is 24.9 Å². The summed E-state index contributed by atoms with van der Waals surface area (Å²) in [6.07, 6.45) is 0.0202. The highest BCUT2D eigenvalue weighted by atomic mass is 32.1. The number of rotatable bonds is 10. The smallest absolute Gasteiger partial charge is 0.308 e. The zero-order chi connectivity index (χ0) is 22.2. The van der Waals surface area contributed by atoms with Crippen LogP contribution in [-0.4, -0.2) is 49.1 Å². The number of ketones is 2. The topological polar surface area (TPSA) is 128 Å². The van der Waals surface area contributed by atoms with Gasteiger partial charge in [0.15, 0.2) is 24.8 Å². The summed E-state index contributed by atoms with van der Waals surface area (Å²) < 4.78 is 10.2. The van der Waals surface area contributed by atoms with Crippen LogP contribution in [0.1, 0.15) is 39.3 Å². The molecule has 1 aliphatic heterocycles. The van der Waals surface area contributed by atoms with Crippen molar-refractivity contribution in [3.63, 3.8) is 0 Å². The van der Waals surface area contributed by atoms with E-state index in [4.69, 9.17) is 9.47 Å². The molecule has 0 saturated heterocycles. The Labute approximate surface area is 181 Å². The van der Waals surface area contributed by atoms with E-state index in [1.807, 2.05) is 0 Å². The maximum absolute atomic E-state index is 12.2. The first-order chi connectivity index (χ1) is 14.9. The molecule has 0 unspecified atom stereocenters. The van der Waals surface area contributed by atoms with Crippen molar-refractivity contribution in [2.24, 2.45) is 0 Å². The molecule has 1 aromatic carbocycles. The minimum Gasteiger partial charge on any atom is -0.482 e. The average Bonchev–Trinajstić information content (AvgIpc) is 3.30. The number of hydrogen-bond donors (Lipinski definition) is 2. The lowest BCUT2D eigenvalue weighted by molar-refractivity contribution is -0.142. The zero-order valence-corrected chi connectivity index (χ0v) is 17.3. The highest BCUT2D eigenvalue weighted by Crippen LogP contribution is 2.28. The number of carbonyl (C=O) groups is 5. The van der Waals surface area contributed by atoms with Crippen LogP contribution in [0.4, 0.5) is 5.69 Å². The predicted octanol–water partition coefficient (Wildman–Crippen LogP) is 1.97. The molecule has 0 spiro atoms. The molecule has 2 aromatic rings. The number of anilines is 1. The maximum atomic E-state index is 12.2. The number of amides is 2. The molecular weight excluding hydrogens is 424 g/mol. The number of thiophene rings is 1. The molecule has 0 bridgehead atoms. The Hall–Kier alpha value is -3.53. The van der Waals surface area contributed by atoms with Gasteiger partial charge in [-0.15, -0.1) is 11.3 Å². The maximum Gasteiger partial charge on any atom is 0.308 e. The molecule has 10 heteroatoms. The van der Waals surface area contributed by atoms with E-state index < -0.39 is 18.4 Å². The number of fused-ring (bicyclic) bond motifs is 1. The van der Waals surface area contributed by atoms with Crippen LogP contribution in [-0.2, 0) is 19.1 Å². The molecule has 0 radical (unpaired) electrons. The van der Waals surface area contributed by atoms with Crippen LogP contribution in [0.5, 0.6) is 5.75 Å². The standard InChI is InChI=1S/C21H20N2O7S/c24-15(18-2-1-9-31-18)4-6-19(26)22-8-7-21(28)30-11-16(25)13-3-5-17-14(10-13)23-20(27)12-29-17/h1-3,5,9-10H,4,6-8,11-12H2,(H,22,26)(H,23,27). The Bertz CT molecular complexity index is 1000. The van der Waals surface area contributed by atoms with E-state index in [0.717, 1.165) is 0 Å². The Morgan fingerprint density at radius 1 is 1.10 bits per heavy atom. The second-order valence-electron chi connectivity index (χ2n) is 6.63. The molecule has 0 fully saturated rings. The number of hydrogen-bond acceptors (Lipinski definition) is 8. The molecular formula is C21H20N2O7S. The molecule has 31 heavy (non-hydrogen) atoms. The third-order valence-corrected chi connectivity index (χ3v) is 5.24. The average molecular weight is 444 g/mol. The lowest BCUT2D eigenvalue weighted by Crippen LogP contribution is -2.27. The second-order valence-corrected chi connectivity index (χ2v) is 7.58. The van der Waals surface area contributed by atoms with Gasteiger partial charge in [0.1, 0.15) is 5.75 Å². The van der Waals surface area contributed by atoms with Gasteiger partial charge in [-0.2, -0.15) is 0 Å². The lowest BCUT2D eigenvalue weighted by Gasteiger charge is -2.18. The summed E-state index contributed by atoms with van der Waals surface area (Å²) in [5.74, 6) is -1.38. The van der Waals surface area contributed by atoms with Crippen LogP contribution in [0.2, 0.25) is 0 Å². The third kappa shape index (κ3) is 6.48. The highest BCUT2D eigenvalue weighted by Gasteiger charge is 2.18. The minimum atomic E-state index is -0.641. The molecule has 162 valence electrons. The summed E-state index contributed by atoms with van der Waals surface area (Å²) in [5.41, 5.74) is 0.648. The minimum absolute atomic E-state index is 0.0306. The van der Waals surface area contributed by atoms with Crippen LogP contribution in [0.3, 0.4) is 0 Å². The fourth-order valence-corrected chi connectivity index (χ4v) is 3.43. The van der Waals surface area contributed by atoms with Gasteiger partial charge in [0.25, 0.3) is 5.91 Å². The summed E-state index contributed by atoms with van der Waals surface area (Å²) in [4.78, 5) is 59.6. The van der Waals surface area contributed by atoms with E-state index in [1.54, 1.807) is 23.6 Å². The molecule has 9 nitrogen and oxygen atoms in total. The van der Waals surface area contributed by atoms with Crippen molar-refractivity contribution in [2.45, 2.75) is 19.3 Å². The zero-order valence-electron chi connectivity index (χ0n) is 16.5. The van der Waals surface area contributed by atoms with Gasteiger partial charge < -0.3 is 20.1 Å². The molecule has 2 heterocycles. The van der Waals surface area contributed by atoms with E-state index in [0.29, 0.717) is 16.3 Å². The van der Waals surface area contributed by atoms with E-state index in [2.05, 4.69) is 10.6 Å². The summed E-state index contributed by atoms with van der Waals surface area (Å²) in [5, 5.41) is 6.94. The second kappa shape index (κ2) is 10.5. The molecule has 0 atom stereocenters. The van der Waals surface area contributed by atoms with E-state index in [-0.39, 0.29) is 55.6 Å². The van der Waals surface area contributed by atoms with Crippen molar-refractivity contribution in [1.82, 2.24) is 5.32 Å². The van der Waals surface area contributed by atoms with Crippen LogP contribution in [0.15, 0.2) is 35.7 Å². The van der Waals surface area contributed by atoms with Crippen molar-refractivity contribution in [1.29, 1.82) is 0 Å². The molecule has 1 aromatic heterocycles. The molecule has 0 saturated carbocycles. The predicted molar refractivity (Wildman–Crippen MR) is 111 cm³/mol. The van der Waals surface area contributed by atoms with Gasteiger partial charge in [-0.05, 0) is 29.6 Å². The van der Waals surface area contributed by atoms with E-state index >= 15 is 0 Å². The number of carbonyl (C=O) groups excluding carboxylic acids is 5. The van der Waals surface area contributed by atoms with Gasteiger partial charge >= 0.3 is 5.97 Å². The first kappa shape index (κ1) is 22.2. The molecule has 2 N–H and O–H groups in total. The third-order valence-electron chi connectivity index (χ3n) is 4.33. The lowest BCUT2D eigenvalue weighted by atomic mass is 10.1. The van der Waals surface area contributed by atoms with Crippen molar-refractivity contribution in [2.75, 3.05) is 25.1 Å². The van der Waals surface area contributed by atoms with Crippen LogP contribution >= 0.6 is 11.3 Å². The molecule has 1 aliphatic rings. The summed E-state index contributed by atoms with van der Waals surface area (Å²) >= 11 is 1.32.